The first kappa shape index (κ1) is 16.5. The number of rotatable bonds is 3. The zero-order chi connectivity index (χ0) is 17.4. The van der Waals surface area contributed by atoms with Crippen molar-refractivity contribution in [2.24, 2.45) is 5.73 Å². The van der Waals surface area contributed by atoms with Gasteiger partial charge in [0.05, 0.1) is 6.54 Å². The summed E-state index contributed by atoms with van der Waals surface area (Å²) in [5.74, 6) is 0.000770. The maximum absolute atomic E-state index is 12.9. The van der Waals surface area contributed by atoms with Crippen molar-refractivity contribution >= 4 is 22.8 Å². The number of nitrogens with zero attached hydrogens (tertiary/aromatic N) is 2. The molecule has 0 unspecified atom stereocenters. The average molecular weight is 329 g/mol. The first-order chi connectivity index (χ1) is 11.4. The summed E-state index contributed by atoms with van der Waals surface area (Å²) in [6.07, 6.45) is 0. The molecule has 6 heteroatoms. The summed E-state index contributed by atoms with van der Waals surface area (Å²) >= 11 is 0. The summed E-state index contributed by atoms with van der Waals surface area (Å²) < 4.78 is 5.94. The van der Waals surface area contributed by atoms with Crippen LogP contribution < -0.4 is 5.73 Å². The largest absolute Gasteiger partial charge is 0.450 e. The predicted octanol–water partition coefficient (Wildman–Crippen LogP) is 1.60. The number of carbonyl (C=O) groups is 2. The Morgan fingerprint density at radius 2 is 1.71 bits per heavy atom. The van der Waals surface area contributed by atoms with Crippen LogP contribution in [-0.2, 0) is 4.79 Å². The third-order valence-corrected chi connectivity index (χ3v) is 4.72. The molecular formula is C18H23N3O3. The van der Waals surface area contributed by atoms with Crippen LogP contribution in [0.5, 0.6) is 0 Å². The molecule has 1 aromatic heterocycles. The number of nitrogens with two attached hydrogens (primary N) is 1. The number of hydrogen-bond donors (Lipinski definition) is 1. The second-order valence-corrected chi connectivity index (χ2v) is 6.49. The number of aryl methyl sites for hydroxylation is 3. The van der Waals surface area contributed by atoms with E-state index >= 15 is 0 Å². The van der Waals surface area contributed by atoms with Gasteiger partial charge in [-0.2, -0.15) is 0 Å². The highest BCUT2D eigenvalue weighted by Gasteiger charge is 2.27. The lowest BCUT2D eigenvalue weighted by Gasteiger charge is -2.33. The Balaban J connectivity index is 1.83. The topological polar surface area (TPSA) is 79.8 Å². The monoisotopic (exact) mass is 329 g/mol. The van der Waals surface area contributed by atoms with Gasteiger partial charge in [0.25, 0.3) is 5.91 Å². The molecule has 6 nitrogen and oxygen atoms in total. The highest BCUT2D eigenvalue weighted by atomic mass is 16.3. The van der Waals surface area contributed by atoms with E-state index in [-0.39, 0.29) is 18.4 Å². The normalized spacial score (nSPS) is 15.9. The number of hydrogen-bond acceptors (Lipinski definition) is 4. The van der Waals surface area contributed by atoms with Gasteiger partial charge in [0, 0.05) is 37.1 Å². The summed E-state index contributed by atoms with van der Waals surface area (Å²) in [6, 6.07) is 4.06. The molecule has 1 aliphatic rings. The Morgan fingerprint density at radius 1 is 1.08 bits per heavy atom. The average Bonchev–Trinajstić information content (AvgIpc) is 2.89. The highest BCUT2D eigenvalue weighted by molar-refractivity contribution is 6.00. The van der Waals surface area contributed by atoms with Gasteiger partial charge in [-0.3, -0.25) is 14.5 Å². The van der Waals surface area contributed by atoms with E-state index in [4.69, 9.17) is 10.2 Å². The van der Waals surface area contributed by atoms with E-state index < -0.39 is 0 Å². The van der Waals surface area contributed by atoms with Crippen LogP contribution in [0, 0.1) is 20.8 Å². The molecule has 1 aliphatic heterocycles. The molecule has 1 fully saturated rings. The zero-order valence-corrected chi connectivity index (χ0v) is 14.4. The van der Waals surface area contributed by atoms with Gasteiger partial charge in [0.1, 0.15) is 5.58 Å². The van der Waals surface area contributed by atoms with Gasteiger partial charge in [-0.05, 0) is 31.9 Å². The summed E-state index contributed by atoms with van der Waals surface area (Å²) in [5.41, 5.74) is 9.06. The van der Waals surface area contributed by atoms with Gasteiger partial charge in [-0.25, -0.2) is 0 Å². The van der Waals surface area contributed by atoms with Crippen LogP contribution in [0.1, 0.15) is 27.2 Å². The van der Waals surface area contributed by atoms with Crippen LogP contribution >= 0.6 is 0 Å². The van der Waals surface area contributed by atoms with Gasteiger partial charge in [0.15, 0.2) is 5.76 Å². The standard InChI is InChI=1S/C18H23N3O3/c1-11-4-5-12(2)16-15(11)13(3)17(24-16)18(23)21-8-6-20(7-9-21)10-14(19)22/h4-5H,6-10H2,1-3H3,(H2,19,22). The number of carbonyl (C=O) groups excluding carboxylic acids is 2. The quantitative estimate of drug-likeness (QED) is 0.927. The van der Waals surface area contributed by atoms with Crippen LogP contribution in [0.15, 0.2) is 16.5 Å². The molecule has 0 spiro atoms. The molecule has 24 heavy (non-hydrogen) atoms. The molecule has 1 aromatic carbocycles. The molecule has 0 atom stereocenters. The second kappa shape index (κ2) is 6.28. The Morgan fingerprint density at radius 3 is 2.29 bits per heavy atom. The summed E-state index contributed by atoms with van der Waals surface area (Å²) in [6.45, 7) is 8.63. The lowest BCUT2D eigenvalue weighted by molar-refractivity contribution is -0.119. The fraction of sp³-hybridized carbons (Fsp3) is 0.444. The molecule has 0 aliphatic carbocycles. The molecular weight excluding hydrogens is 306 g/mol. The summed E-state index contributed by atoms with van der Waals surface area (Å²) in [7, 11) is 0. The number of fused-ring (bicyclic) bond motifs is 1. The third-order valence-electron chi connectivity index (χ3n) is 4.72. The predicted molar refractivity (Wildman–Crippen MR) is 92.0 cm³/mol. The molecule has 128 valence electrons. The fourth-order valence-corrected chi connectivity index (χ4v) is 3.35. The van der Waals surface area contributed by atoms with Crippen molar-refractivity contribution in [3.8, 4) is 0 Å². The van der Waals surface area contributed by atoms with Gasteiger partial charge >= 0.3 is 0 Å². The van der Waals surface area contributed by atoms with Crippen LogP contribution in [0.4, 0.5) is 0 Å². The second-order valence-electron chi connectivity index (χ2n) is 6.49. The molecule has 0 bridgehead atoms. The van der Waals surface area contributed by atoms with Crippen LogP contribution in [0.25, 0.3) is 11.0 Å². The number of piperazine rings is 1. The first-order valence-electron chi connectivity index (χ1n) is 8.17. The van der Waals surface area contributed by atoms with Crippen molar-refractivity contribution in [3.63, 3.8) is 0 Å². The van der Waals surface area contributed by atoms with E-state index in [0.29, 0.717) is 31.9 Å². The highest BCUT2D eigenvalue weighted by Crippen LogP contribution is 2.31. The van der Waals surface area contributed by atoms with Crippen molar-refractivity contribution in [1.82, 2.24) is 9.80 Å². The van der Waals surface area contributed by atoms with Gasteiger partial charge in [-0.1, -0.05) is 12.1 Å². The fourth-order valence-electron chi connectivity index (χ4n) is 3.35. The van der Waals surface area contributed by atoms with Crippen molar-refractivity contribution in [1.29, 1.82) is 0 Å². The Labute approximate surface area is 141 Å². The Hall–Kier alpha value is -2.34. The molecule has 0 radical (unpaired) electrons. The molecule has 1 saturated heterocycles. The van der Waals surface area contributed by atoms with Crippen LogP contribution in [-0.4, -0.2) is 54.3 Å². The van der Waals surface area contributed by atoms with E-state index in [2.05, 4.69) is 6.07 Å². The Kier molecular flexibility index (Phi) is 4.32. The minimum absolute atomic E-state index is 0.0822. The molecule has 2 heterocycles. The maximum atomic E-state index is 12.9. The van der Waals surface area contributed by atoms with E-state index in [1.807, 2.05) is 31.7 Å². The van der Waals surface area contributed by atoms with Crippen LogP contribution in [0.3, 0.4) is 0 Å². The minimum atomic E-state index is -0.339. The van der Waals surface area contributed by atoms with E-state index in [0.717, 1.165) is 27.7 Å². The molecule has 3 rings (SSSR count). The lowest BCUT2D eigenvalue weighted by atomic mass is 10.0. The molecule has 2 N–H and O–H groups in total. The third kappa shape index (κ3) is 2.89. The van der Waals surface area contributed by atoms with Gasteiger partial charge in [0.2, 0.25) is 5.91 Å². The zero-order valence-electron chi connectivity index (χ0n) is 14.4. The lowest BCUT2D eigenvalue weighted by Crippen LogP contribution is -2.50. The minimum Gasteiger partial charge on any atom is -0.450 e. The van der Waals surface area contributed by atoms with E-state index in [9.17, 15) is 9.59 Å². The number of benzene rings is 1. The maximum Gasteiger partial charge on any atom is 0.289 e. The van der Waals surface area contributed by atoms with Crippen molar-refractivity contribution in [3.05, 3.63) is 34.6 Å². The summed E-state index contributed by atoms with van der Waals surface area (Å²) in [4.78, 5) is 27.6. The van der Waals surface area contributed by atoms with Crippen molar-refractivity contribution in [2.75, 3.05) is 32.7 Å². The molecule has 0 saturated carbocycles. The first-order valence-corrected chi connectivity index (χ1v) is 8.17. The number of amides is 2. The van der Waals surface area contributed by atoms with E-state index in [1.165, 1.54) is 0 Å². The van der Waals surface area contributed by atoms with Crippen molar-refractivity contribution < 1.29 is 14.0 Å². The number of furan rings is 1. The van der Waals surface area contributed by atoms with Crippen LogP contribution in [0.2, 0.25) is 0 Å². The number of primary amides is 1. The smallest absolute Gasteiger partial charge is 0.289 e. The van der Waals surface area contributed by atoms with Gasteiger partial charge in [-0.15, -0.1) is 0 Å². The van der Waals surface area contributed by atoms with Gasteiger partial charge < -0.3 is 15.1 Å². The Bertz CT molecular complexity index is 801. The molecule has 2 aromatic rings. The SMILES string of the molecule is Cc1ccc(C)c2c(C)c(C(=O)N3CCN(CC(N)=O)CC3)oc12. The molecule has 2 amide bonds. The summed E-state index contributed by atoms with van der Waals surface area (Å²) in [5, 5.41) is 1.03. The van der Waals surface area contributed by atoms with E-state index in [1.54, 1.807) is 4.90 Å². The van der Waals surface area contributed by atoms with Crippen molar-refractivity contribution in [2.45, 2.75) is 20.8 Å².